The lowest BCUT2D eigenvalue weighted by molar-refractivity contribution is 0.112. The third-order valence-electron chi connectivity index (χ3n) is 2.96. The molecule has 0 atom stereocenters. The molecule has 0 N–H and O–H groups in total. The third-order valence-corrected chi connectivity index (χ3v) is 2.96. The van der Waals surface area contributed by atoms with Crippen LogP contribution in [0.5, 0.6) is 11.5 Å². The van der Waals surface area contributed by atoms with Crippen LogP contribution in [0.2, 0.25) is 0 Å². The average Bonchev–Trinajstić information content (AvgIpc) is 2.46. The lowest BCUT2D eigenvalue weighted by Gasteiger charge is -2.12. The van der Waals surface area contributed by atoms with E-state index in [1.165, 1.54) is 12.1 Å². The van der Waals surface area contributed by atoms with Crippen molar-refractivity contribution in [2.24, 2.45) is 0 Å². The summed E-state index contributed by atoms with van der Waals surface area (Å²) < 4.78 is 23.9. The Bertz CT molecular complexity index is 623. The number of hydrogen-bond acceptors (Lipinski definition) is 3. The summed E-state index contributed by atoms with van der Waals surface area (Å²) in [6.45, 7) is 2.02. The summed E-state index contributed by atoms with van der Waals surface area (Å²) in [4.78, 5) is 10.8. The fraction of sp³-hybridized carbons (Fsp3) is 0.188. The zero-order valence-corrected chi connectivity index (χ0v) is 11.4. The van der Waals surface area contributed by atoms with Gasteiger partial charge in [0, 0.05) is 11.1 Å². The molecule has 0 amide bonds. The Morgan fingerprint density at radius 3 is 2.55 bits per heavy atom. The van der Waals surface area contributed by atoms with Crippen molar-refractivity contribution in [2.45, 2.75) is 13.5 Å². The Labute approximate surface area is 117 Å². The summed E-state index contributed by atoms with van der Waals surface area (Å²) in [7, 11) is 1.56. The van der Waals surface area contributed by atoms with Gasteiger partial charge in [0.25, 0.3) is 0 Å². The van der Waals surface area contributed by atoms with Gasteiger partial charge in [-0.05, 0) is 48.9 Å². The largest absolute Gasteiger partial charge is 0.496 e. The summed E-state index contributed by atoms with van der Waals surface area (Å²) in [6.07, 6.45) is 0.770. The third kappa shape index (κ3) is 3.15. The maximum Gasteiger partial charge on any atom is 0.150 e. The molecule has 0 aliphatic carbocycles. The number of carbonyl (C=O) groups excluding carboxylic acids is 1. The molecule has 4 heteroatoms. The Morgan fingerprint density at radius 2 is 1.90 bits per heavy atom. The van der Waals surface area contributed by atoms with Gasteiger partial charge in [-0.3, -0.25) is 4.79 Å². The highest BCUT2D eigenvalue weighted by molar-refractivity contribution is 5.75. The van der Waals surface area contributed by atoms with Crippen molar-refractivity contribution in [3.05, 3.63) is 58.9 Å². The van der Waals surface area contributed by atoms with E-state index in [1.807, 2.05) is 0 Å². The Balaban J connectivity index is 2.19. The molecule has 0 aliphatic rings. The lowest BCUT2D eigenvalue weighted by Crippen LogP contribution is -2.01. The minimum absolute atomic E-state index is 0.247. The molecule has 104 valence electrons. The quantitative estimate of drug-likeness (QED) is 0.782. The fourth-order valence-electron chi connectivity index (χ4n) is 1.91. The molecule has 0 bridgehead atoms. The Hall–Kier alpha value is -2.36. The van der Waals surface area contributed by atoms with Crippen LogP contribution in [0.25, 0.3) is 0 Å². The molecule has 20 heavy (non-hydrogen) atoms. The zero-order valence-electron chi connectivity index (χ0n) is 11.4. The summed E-state index contributed by atoms with van der Waals surface area (Å²) >= 11 is 0. The molecule has 3 nitrogen and oxygen atoms in total. The second-order valence-electron chi connectivity index (χ2n) is 4.39. The minimum atomic E-state index is -0.296. The maximum absolute atomic E-state index is 13.0. The van der Waals surface area contributed by atoms with Crippen LogP contribution in [-0.2, 0) is 6.61 Å². The van der Waals surface area contributed by atoms with Gasteiger partial charge in [0.1, 0.15) is 30.2 Å². The predicted octanol–water partition coefficient (Wildman–Crippen LogP) is 3.53. The van der Waals surface area contributed by atoms with E-state index < -0.39 is 0 Å². The van der Waals surface area contributed by atoms with Gasteiger partial charge in [-0.25, -0.2) is 4.39 Å². The molecule has 2 aromatic carbocycles. The molecule has 0 radical (unpaired) electrons. The van der Waals surface area contributed by atoms with Crippen LogP contribution < -0.4 is 9.47 Å². The van der Waals surface area contributed by atoms with E-state index in [2.05, 4.69) is 0 Å². The van der Waals surface area contributed by atoms with E-state index in [1.54, 1.807) is 38.3 Å². The first-order valence-electron chi connectivity index (χ1n) is 6.15. The van der Waals surface area contributed by atoms with Crippen LogP contribution >= 0.6 is 0 Å². The number of hydrogen-bond donors (Lipinski definition) is 0. The van der Waals surface area contributed by atoms with E-state index in [-0.39, 0.29) is 12.4 Å². The fourth-order valence-corrected chi connectivity index (χ4v) is 1.91. The molecular weight excluding hydrogens is 259 g/mol. The topological polar surface area (TPSA) is 35.5 Å². The van der Waals surface area contributed by atoms with Crippen LogP contribution in [0, 0.1) is 12.7 Å². The Kier molecular flexibility index (Phi) is 4.35. The molecule has 0 fully saturated rings. The van der Waals surface area contributed by atoms with Gasteiger partial charge in [-0.2, -0.15) is 0 Å². The number of rotatable bonds is 5. The zero-order chi connectivity index (χ0) is 14.5. The molecule has 2 rings (SSSR count). The number of methoxy groups -OCH3 is 1. The second-order valence-corrected chi connectivity index (χ2v) is 4.39. The lowest BCUT2D eigenvalue weighted by atomic mass is 10.1. The van der Waals surface area contributed by atoms with Crippen LogP contribution in [0.3, 0.4) is 0 Å². The van der Waals surface area contributed by atoms with Crippen molar-refractivity contribution < 1.29 is 18.7 Å². The molecule has 0 heterocycles. The van der Waals surface area contributed by atoms with Crippen LogP contribution in [0.15, 0.2) is 36.4 Å². The van der Waals surface area contributed by atoms with Crippen molar-refractivity contribution in [2.75, 3.05) is 7.11 Å². The molecule has 0 unspecified atom stereocenters. The van der Waals surface area contributed by atoms with Gasteiger partial charge in [-0.1, -0.05) is 0 Å². The van der Waals surface area contributed by atoms with Crippen molar-refractivity contribution in [3.63, 3.8) is 0 Å². The highest BCUT2D eigenvalue weighted by Crippen LogP contribution is 2.24. The van der Waals surface area contributed by atoms with Crippen LogP contribution in [-0.4, -0.2) is 13.4 Å². The number of benzene rings is 2. The molecule has 0 spiro atoms. The molecule has 0 saturated heterocycles. The SMILES string of the molecule is COc1ccc(C=O)cc1COc1ccc(F)cc1C. The summed E-state index contributed by atoms with van der Waals surface area (Å²) in [6, 6.07) is 9.46. The first kappa shape index (κ1) is 14.1. The van der Waals surface area contributed by atoms with Crippen molar-refractivity contribution in [3.8, 4) is 11.5 Å². The normalized spacial score (nSPS) is 10.2. The van der Waals surface area contributed by atoms with Crippen molar-refractivity contribution >= 4 is 6.29 Å². The smallest absolute Gasteiger partial charge is 0.150 e. The summed E-state index contributed by atoms with van der Waals surface area (Å²) in [5.74, 6) is 0.954. The molecule has 0 aliphatic heterocycles. The first-order chi connectivity index (χ1) is 9.63. The second kappa shape index (κ2) is 6.19. The monoisotopic (exact) mass is 274 g/mol. The van der Waals surface area contributed by atoms with Crippen molar-refractivity contribution in [1.82, 2.24) is 0 Å². The number of ether oxygens (including phenoxy) is 2. The average molecular weight is 274 g/mol. The maximum atomic E-state index is 13.0. The number of aldehydes is 1. The first-order valence-corrected chi connectivity index (χ1v) is 6.15. The molecular formula is C16H15FO3. The summed E-state index contributed by atoms with van der Waals surface area (Å²) in [5.41, 5.74) is 2.04. The van der Waals surface area contributed by atoms with E-state index in [0.717, 1.165) is 17.4 Å². The molecule has 0 saturated carbocycles. The minimum Gasteiger partial charge on any atom is -0.496 e. The standard InChI is InChI=1S/C16H15FO3/c1-11-7-14(17)4-6-15(11)20-10-13-8-12(9-18)3-5-16(13)19-2/h3-9H,10H2,1-2H3. The van der Waals surface area contributed by atoms with Crippen molar-refractivity contribution in [1.29, 1.82) is 0 Å². The van der Waals surface area contributed by atoms with E-state index in [4.69, 9.17) is 9.47 Å². The van der Waals surface area contributed by atoms with Crippen LogP contribution in [0.1, 0.15) is 21.5 Å². The van der Waals surface area contributed by atoms with Gasteiger partial charge >= 0.3 is 0 Å². The van der Waals surface area contributed by atoms with Gasteiger partial charge in [0.2, 0.25) is 0 Å². The molecule has 0 aromatic heterocycles. The number of aryl methyl sites for hydroxylation is 1. The van der Waals surface area contributed by atoms with E-state index in [9.17, 15) is 9.18 Å². The molecule has 2 aromatic rings. The van der Waals surface area contributed by atoms with Gasteiger partial charge in [0.05, 0.1) is 7.11 Å². The highest BCUT2D eigenvalue weighted by atomic mass is 19.1. The number of carbonyl (C=O) groups is 1. The van der Waals surface area contributed by atoms with Gasteiger partial charge < -0.3 is 9.47 Å². The van der Waals surface area contributed by atoms with Crippen LogP contribution in [0.4, 0.5) is 4.39 Å². The summed E-state index contributed by atoms with van der Waals surface area (Å²) in [5, 5.41) is 0. The van der Waals surface area contributed by atoms with E-state index in [0.29, 0.717) is 17.1 Å². The number of halogens is 1. The van der Waals surface area contributed by atoms with E-state index >= 15 is 0 Å². The van der Waals surface area contributed by atoms with Gasteiger partial charge in [0.15, 0.2) is 0 Å². The van der Waals surface area contributed by atoms with Gasteiger partial charge in [-0.15, -0.1) is 0 Å². The highest BCUT2D eigenvalue weighted by Gasteiger charge is 2.07. The Morgan fingerprint density at radius 1 is 1.15 bits per heavy atom. The predicted molar refractivity (Wildman–Crippen MR) is 73.9 cm³/mol.